The third-order valence-corrected chi connectivity index (χ3v) is 5.79. The minimum absolute atomic E-state index is 0.00350. The van der Waals surface area contributed by atoms with E-state index in [-0.39, 0.29) is 11.8 Å². The van der Waals surface area contributed by atoms with Crippen LogP contribution in [0, 0.1) is 5.92 Å². The first-order valence-electron chi connectivity index (χ1n) is 8.64. The number of primary amides is 1. The van der Waals surface area contributed by atoms with E-state index in [0.29, 0.717) is 0 Å². The number of hydrogen-bond acceptors (Lipinski definition) is 4. The van der Waals surface area contributed by atoms with E-state index in [0.717, 1.165) is 49.9 Å². The summed E-state index contributed by atoms with van der Waals surface area (Å²) < 4.78 is 0.828. The Hall–Kier alpha value is -1.40. The molecule has 1 amide bonds. The lowest BCUT2D eigenvalue weighted by Crippen LogP contribution is -2.40. The average Bonchev–Trinajstić information content (AvgIpc) is 3.01. The van der Waals surface area contributed by atoms with E-state index in [1.54, 1.807) is 11.3 Å². The van der Waals surface area contributed by atoms with Gasteiger partial charge in [-0.2, -0.15) is 0 Å². The number of piperidine rings is 1. The maximum Gasteiger partial charge on any atom is 0.221 e. The van der Waals surface area contributed by atoms with Crippen molar-refractivity contribution in [2.24, 2.45) is 11.7 Å². The number of halogens is 1. The maximum absolute atomic E-state index is 11.4. The molecule has 1 unspecified atom stereocenters. The summed E-state index contributed by atoms with van der Waals surface area (Å²) in [7, 11) is 0. The zero-order chi connectivity index (χ0) is 17.6. The van der Waals surface area contributed by atoms with Crippen LogP contribution < -0.4 is 11.1 Å². The van der Waals surface area contributed by atoms with Crippen molar-refractivity contribution >= 4 is 28.8 Å². The van der Waals surface area contributed by atoms with Crippen molar-refractivity contribution in [3.8, 4) is 0 Å². The summed E-state index contributed by atoms with van der Waals surface area (Å²) in [6.45, 7) is 4.34. The van der Waals surface area contributed by atoms with Crippen molar-refractivity contribution < 1.29 is 4.79 Å². The van der Waals surface area contributed by atoms with Gasteiger partial charge in [0, 0.05) is 31.1 Å². The molecule has 1 saturated heterocycles. The minimum atomic E-state index is -0.170. The molecule has 3 N–H and O–H groups in total. The number of nitrogens with one attached hydrogen (secondary N) is 1. The molecule has 0 saturated carbocycles. The normalized spacial score (nSPS) is 18.4. The number of likely N-dealkylation sites (tertiary alicyclic amines) is 1. The molecule has 1 atom stereocenters. The fraction of sp³-hybridized carbons (Fsp3) is 0.421. The van der Waals surface area contributed by atoms with Crippen molar-refractivity contribution in [2.45, 2.75) is 32.5 Å². The summed E-state index contributed by atoms with van der Waals surface area (Å²) in [6.07, 6.45) is 1.96. The zero-order valence-electron chi connectivity index (χ0n) is 14.2. The number of rotatable bonds is 7. The molecule has 1 aromatic heterocycles. The number of hydrogen-bond donors (Lipinski definition) is 2. The van der Waals surface area contributed by atoms with Crippen molar-refractivity contribution in [1.82, 2.24) is 10.2 Å². The molecule has 2 aromatic rings. The highest BCUT2D eigenvalue weighted by Gasteiger charge is 2.23. The monoisotopic (exact) mass is 377 g/mol. The smallest absolute Gasteiger partial charge is 0.221 e. The highest BCUT2D eigenvalue weighted by molar-refractivity contribution is 7.16. The van der Waals surface area contributed by atoms with Crippen LogP contribution in [-0.4, -0.2) is 23.9 Å². The van der Waals surface area contributed by atoms with Gasteiger partial charge < -0.3 is 11.1 Å². The predicted molar refractivity (Wildman–Crippen MR) is 104 cm³/mol. The number of nitrogens with two attached hydrogens (primary N) is 1. The Kier molecular flexibility index (Phi) is 6.48. The molecule has 3 rings (SSSR count). The van der Waals surface area contributed by atoms with Gasteiger partial charge in [-0.05, 0) is 42.6 Å². The molecular formula is C19H24ClN3OS. The molecule has 1 fully saturated rings. The average molecular weight is 378 g/mol. The highest BCUT2D eigenvalue weighted by Crippen LogP contribution is 2.21. The molecule has 1 aliphatic heterocycles. The van der Waals surface area contributed by atoms with Crippen LogP contribution in [0.5, 0.6) is 0 Å². The lowest BCUT2D eigenvalue weighted by molar-refractivity contribution is -0.123. The molecule has 4 nitrogen and oxygen atoms in total. The van der Waals surface area contributed by atoms with Gasteiger partial charge in [0.05, 0.1) is 10.3 Å². The number of carbonyl (C=O) groups excluding carboxylic acids is 1. The van der Waals surface area contributed by atoms with Crippen molar-refractivity contribution in [3.63, 3.8) is 0 Å². The van der Waals surface area contributed by atoms with Gasteiger partial charge in [-0.25, -0.2) is 0 Å². The summed E-state index contributed by atoms with van der Waals surface area (Å²) in [4.78, 5) is 15.0. The van der Waals surface area contributed by atoms with Crippen LogP contribution in [-0.2, 0) is 24.4 Å². The van der Waals surface area contributed by atoms with Gasteiger partial charge in [-0.3, -0.25) is 9.69 Å². The largest absolute Gasteiger partial charge is 0.369 e. The van der Waals surface area contributed by atoms with Crippen LogP contribution in [0.3, 0.4) is 0 Å². The summed E-state index contributed by atoms with van der Waals surface area (Å²) in [6, 6.07) is 12.6. The Bertz CT molecular complexity index is 718. The summed E-state index contributed by atoms with van der Waals surface area (Å²) in [5, 5.41) is 3.46. The molecule has 6 heteroatoms. The lowest BCUT2D eigenvalue weighted by Gasteiger charge is -2.31. The Morgan fingerprint density at radius 2 is 2.12 bits per heavy atom. The van der Waals surface area contributed by atoms with E-state index in [1.807, 2.05) is 6.07 Å². The Labute approximate surface area is 158 Å². The predicted octanol–water partition coefficient (Wildman–Crippen LogP) is 3.39. The third kappa shape index (κ3) is 5.54. The molecule has 1 aliphatic rings. The lowest BCUT2D eigenvalue weighted by atomic mass is 9.97. The number of nitrogens with zero attached hydrogens (tertiary/aromatic N) is 1. The fourth-order valence-electron chi connectivity index (χ4n) is 3.30. The van der Waals surface area contributed by atoms with Gasteiger partial charge in [0.25, 0.3) is 0 Å². The van der Waals surface area contributed by atoms with E-state index in [4.69, 9.17) is 17.3 Å². The minimum Gasteiger partial charge on any atom is -0.369 e. The molecule has 0 bridgehead atoms. The summed E-state index contributed by atoms with van der Waals surface area (Å²) in [5.74, 6) is -0.174. The van der Waals surface area contributed by atoms with Crippen molar-refractivity contribution in [2.75, 3.05) is 13.1 Å². The Balaban J connectivity index is 1.51. The van der Waals surface area contributed by atoms with Crippen LogP contribution in [0.4, 0.5) is 0 Å². The van der Waals surface area contributed by atoms with Gasteiger partial charge in [0.1, 0.15) is 0 Å². The van der Waals surface area contributed by atoms with Crippen LogP contribution in [0.25, 0.3) is 0 Å². The van der Waals surface area contributed by atoms with Gasteiger partial charge in [0.15, 0.2) is 0 Å². The Morgan fingerprint density at radius 3 is 2.88 bits per heavy atom. The number of benzene rings is 1. The topological polar surface area (TPSA) is 58.4 Å². The third-order valence-electron chi connectivity index (χ3n) is 4.56. The number of carbonyl (C=O) groups is 1. The van der Waals surface area contributed by atoms with E-state index in [2.05, 4.69) is 40.5 Å². The van der Waals surface area contributed by atoms with E-state index < -0.39 is 0 Å². The Morgan fingerprint density at radius 1 is 1.28 bits per heavy atom. The first kappa shape index (κ1) is 18.4. The number of thiophene rings is 1. The summed E-state index contributed by atoms with van der Waals surface area (Å²) in [5.41, 5.74) is 8.02. The van der Waals surface area contributed by atoms with Crippen LogP contribution in [0.1, 0.15) is 28.8 Å². The first-order valence-corrected chi connectivity index (χ1v) is 9.84. The van der Waals surface area contributed by atoms with Crippen LogP contribution in [0.2, 0.25) is 4.34 Å². The number of amides is 1. The van der Waals surface area contributed by atoms with E-state index >= 15 is 0 Å². The summed E-state index contributed by atoms with van der Waals surface area (Å²) >= 11 is 7.57. The fourth-order valence-corrected chi connectivity index (χ4v) is 4.36. The van der Waals surface area contributed by atoms with Crippen LogP contribution in [0.15, 0.2) is 36.4 Å². The molecule has 1 aromatic carbocycles. The van der Waals surface area contributed by atoms with E-state index in [1.165, 1.54) is 16.0 Å². The molecule has 0 aliphatic carbocycles. The van der Waals surface area contributed by atoms with Gasteiger partial charge in [-0.15, -0.1) is 11.3 Å². The molecule has 25 heavy (non-hydrogen) atoms. The van der Waals surface area contributed by atoms with Crippen molar-refractivity contribution in [1.29, 1.82) is 0 Å². The zero-order valence-corrected chi connectivity index (χ0v) is 15.8. The molecule has 134 valence electrons. The second kappa shape index (κ2) is 8.81. The van der Waals surface area contributed by atoms with Crippen LogP contribution >= 0.6 is 22.9 Å². The second-order valence-corrected chi connectivity index (χ2v) is 8.41. The van der Waals surface area contributed by atoms with Crippen molar-refractivity contribution in [3.05, 3.63) is 56.7 Å². The van der Waals surface area contributed by atoms with Gasteiger partial charge in [-0.1, -0.05) is 35.9 Å². The van der Waals surface area contributed by atoms with E-state index in [9.17, 15) is 4.79 Å². The second-order valence-electron chi connectivity index (χ2n) is 6.61. The first-order chi connectivity index (χ1) is 12.1. The quantitative estimate of drug-likeness (QED) is 0.777. The van der Waals surface area contributed by atoms with Gasteiger partial charge >= 0.3 is 0 Å². The standard InChI is InChI=1S/C19H24ClN3OS/c20-18-7-6-17(25-18)11-22-10-14-3-1-4-15(9-14)12-23-8-2-5-16(13-23)19(21)24/h1,3-4,6-7,9,16,22H,2,5,8,10-13H2,(H2,21,24). The molecule has 0 spiro atoms. The SMILES string of the molecule is NC(=O)C1CCCN(Cc2cccc(CNCc3ccc(Cl)s3)c2)C1. The molecule has 2 heterocycles. The highest BCUT2D eigenvalue weighted by atomic mass is 35.5. The van der Waals surface area contributed by atoms with Gasteiger partial charge in [0.2, 0.25) is 5.91 Å². The molecule has 0 radical (unpaired) electrons. The maximum atomic E-state index is 11.4. The molecular weight excluding hydrogens is 354 g/mol.